The summed E-state index contributed by atoms with van der Waals surface area (Å²) in [6.07, 6.45) is 5.51. The van der Waals surface area contributed by atoms with Gasteiger partial charge >= 0.3 is 0 Å². The zero-order valence-corrected chi connectivity index (χ0v) is 20.0. The third-order valence-corrected chi connectivity index (χ3v) is 6.09. The molecule has 33 heavy (non-hydrogen) atoms. The van der Waals surface area contributed by atoms with E-state index in [0.29, 0.717) is 16.3 Å². The van der Waals surface area contributed by atoms with Gasteiger partial charge in [-0.2, -0.15) is 5.10 Å². The number of pyridine rings is 1. The number of nitrogens with one attached hydrogen (secondary N) is 1. The van der Waals surface area contributed by atoms with Crippen LogP contribution in [0, 0.1) is 0 Å². The topological polar surface area (TPSA) is 66.8 Å². The summed E-state index contributed by atoms with van der Waals surface area (Å²) in [5, 5.41) is 5.61. The Hall–Kier alpha value is -3.38. The fourth-order valence-corrected chi connectivity index (χ4v) is 4.54. The summed E-state index contributed by atoms with van der Waals surface area (Å²) >= 11 is 6.55. The number of carbonyl (C=O) groups excluding carboxylic acids is 1. The first-order valence-corrected chi connectivity index (χ1v) is 11.3. The number of ether oxygens (including phenoxy) is 1. The number of fused-ring (bicyclic) bond motifs is 2. The van der Waals surface area contributed by atoms with Crippen molar-refractivity contribution < 1.29 is 9.53 Å². The highest BCUT2D eigenvalue weighted by atomic mass is 35.5. The fourth-order valence-electron chi connectivity index (χ4n) is 4.33. The average Bonchev–Trinajstić information content (AvgIpc) is 2.78. The third-order valence-electron chi connectivity index (χ3n) is 5.76. The van der Waals surface area contributed by atoms with E-state index in [4.69, 9.17) is 16.3 Å². The van der Waals surface area contributed by atoms with Crippen LogP contribution < -0.4 is 15.1 Å². The van der Waals surface area contributed by atoms with Gasteiger partial charge in [0.1, 0.15) is 11.3 Å². The number of nitrogens with zero attached hydrogens (tertiary/aromatic N) is 3. The molecule has 0 aliphatic carbocycles. The Bertz CT molecular complexity index is 1260. The highest BCUT2D eigenvalue weighted by molar-refractivity contribution is 6.33. The molecule has 1 aliphatic rings. The van der Waals surface area contributed by atoms with Crippen LogP contribution in [-0.2, 0) is 4.79 Å². The Kier molecular flexibility index (Phi) is 6.38. The minimum absolute atomic E-state index is 0.0850. The van der Waals surface area contributed by atoms with Gasteiger partial charge in [-0.05, 0) is 57.5 Å². The molecule has 2 heterocycles. The maximum absolute atomic E-state index is 12.2. The van der Waals surface area contributed by atoms with Gasteiger partial charge in [0.05, 0.1) is 16.8 Å². The lowest BCUT2D eigenvalue weighted by atomic mass is 9.88. The molecule has 0 bridgehead atoms. The molecule has 0 unspecified atom stereocenters. The summed E-state index contributed by atoms with van der Waals surface area (Å²) in [4.78, 5) is 18.9. The van der Waals surface area contributed by atoms with Crippen molar-refractivity contribution in [3.63, 3.8) is 0 Å². The van der Waals surface area contributed by atoms with E-state index in [2.05, 4.69) is 54.2 Å². The van der Waals surface area contributed by atoms with Crippen molar-refractivity contribution in [3.8, 4) is 5.75 Å². The number of aromatic nitrogens is 1. The van der Waals surface area contributed by atoms with E-state index in [1.165, 1.54) is 5.57 Å². The van der Waals surface area contributed by atoms with Gasteiger partial charge in [0.2, 0.25) is 0 Å². The largest absolute Gasteiger partial charge is 0.481 e. The van der Waals surface area contributed by atoms with Gasteiger partial charge in [0.15, 0.2) is 6.61 Å². The number of allylic oxidation sites excluding steroid dienone is 1. The summed E-state index contributed by atoms with van der Waals surface area (Å²) in [6, 6.07) is 13.4. The van der Waals surface area contributed by atoms with E-state index in [1.54, 1.807) is 18.5 Å². The predicted molar refractivity (Wildman–Crippen MR) is 135 cm³/mol. The summed E-state index contributed by atoms with van der Waals surface area (Å²) in [5.41, 5.74) is 7.27. The number of carbonyl (C=O) groups is 1. The fraction of sp³-hybridized carbons (Fsp3) is 0.269. The van der Waals surface area contributed by atoms with E-state index in [0.717, 1.165) is 28.7 Å². The lowest BCUT2D eigenvalue weighted by molar-refractivity contribution is -0.123. The van der Waals surface area contributed by atoms with E-state index in [1.807, 2.05) is 36.4 Å². The standard InChI is InChI=1S/C26H27ClN4O2/c1-5-31-22-13-21(27)19(12-20(22)17(2)14-26(31,3)4)15-29-30-24(32)16-33-23-10-6-8-18-9-7-11-28-25(18)23/h6-15H,5,16H2,1-4H3,(H,30,32)/b29-15-. The number of hydrogen-bond acceptors (Lipinski definition) is 5. The van der Waals surface area contributed by atoms with Crippen LogP contribution in [-0.4, -0.2) is 35.8 Å². The number of hydrogen-bond donors (Lipinski definition) is 1. The van der Waals surface area contributed by atoms with Crippen molar-refractivity contribution in [2.75, 3.05) is 18.1 Å². The Balaban J connectivity index is 1.44. The second-order valence-electron chi connectivity index (χ2n) is 8.53. The highest BCUT2D eigenvalue weighted by Gasteiger charge is 2.30. The van der Waals surface area contributed by atoms with E-state index in [-0.39, 0.29) is 18.1 Å². The van der Waals surface area contributed by atoms with Gasteiger partial charge in [-0.1, -0.05) is 35.9 Å². The minimum atomic E-state index is -0.372. The Labute approximate surface area is 198 Å². The zero-order chi connectivity index (χ0) is 23.6. The molecule has 170 valence electrons. The van der Waals surface area contributed by atoms with E-state index >= 15 is 0 Å². The molecule has 6 nitrogen and oxygen atoms in total. The lowest BCUT2D eigenvalue weighted by Crippen LogP contribution is -2.44. The number of anilines is 1. The molecule has 0 saturated heterocycles. The molecule has 1 N–H and O–H groups in total. The Morgan fingerprint density at radius 2 is 2.06 bits per heavy atom. The average molecular weight is 463 g/mol. The summed E-state index contributed by atoms with van der Waals surface area (Å²) < 4.78 is 5.65. The lowest BCUT2D eigenvalue weighted by Gasteiger charge is -2.43. The third kappa shape index (κ3) is 4.71. The van der Waals surface area contributed by atoms with Crippen LogP contribution in [0.15, 0.2) is 59.8 Å². The molecule has 1 aliphatic heterocycles. The smallest absolute Gasteiger partial charge is 0.277 e. The van der Waals surface area contributed by atoms with Crippen LogP contribution >= 0.6 is 11.6 Å². The highest BCUT2D eigenvalue weighted by Crippen LogP contribution is 2.40. The molecule has 0 saturated carbocycles. The Morgan fingerprint density at radius 3 is 2.85 bits per heavy atom. The van der Waals surface area contributed by atoms with Crippen molar-refractivity contribution in [1.29, 1.82) is 0 Å². The molecule has 7 heteroatoms. The first-order valence-electron chi connectivity index (χ1n) is 10.9. The van der Waals surface area contributed by atoms with Crippen molar-refractivity contribution in [3.05, 3.63) is 70.9 Å². The van der Waals surface area contributed by atoms with Crippen LogP contribution in [0.5, 0.6) is 5.75 Å². The van der Waals surface area contributed by atoms with Gasteiger partial charge in [0, 0.05) is 34.9 Å². The molecule has 1 amide bonds. The maximum Gasteiger partial charge on any atom is 0.277 e. The molecule has 2 aromatic carbocycles. The monoisotopic (exact) mass is 462 g/mol. The van der Waals surface area contributed by atoms with Crippen LogP contribution in [0.2, 0.25) is 5.02 Å². The molecule has 0 atom stereocenters. The van der Waals surface area contributed by atoms with Crippen molar-refractivity contribution >= 4 is 45.9 Å². The normalized spacial score (nSPS) is 14.8. The number of rotatable bonds is 6. The summed E-state index contributed by atoms with van der Waals surface area (Å²) in [5.74, 6) is 0.180. The SMILES string of the molecule is CCN1c2cc(Cl)c(/C=N\NC(=O)COc3cccc4cccnc34)cc2C(C)=CC1(C)C. The molecule has 0 spiro atoms. The quantitative estimate of drug-likeness (QED) is 0.391. The number of para-hydroxylation sites is 1. The molecule has 0 radical (unpaired) electrons. The van der Waals surface area contributed by atoms with Crippen LogP contribution in [0.1, 0.15) is 38.8 Å². The second-order valence-corrected chi connectivity index (χ2v) is 8.94. The number of amides is 1. The van der Waals surface area contributed by atoms with Crippen molar-refractivity contribution in [2.45, 2.75) is 33.2 Å². The predicted octanol–water partition coefficient (Wildman–Crippen LogP) is 5.44. The van der Waals surface area contributed by atoms with Gasteiger partial charge in [0.25, 0.3) is 5.91 Å². The number of likely N-dealkylation sites (N-methyl/N-ethyl adjacent to an activating group) is 1. The van der Waals surface area contributed by atoms with Crippen LogP contribution in [0.25, 0.3) is 16.5 Å². The Morgan fingerprint density at radius 1 is 1.27 bits per heavy atom. The van der Waals surface area contributed by atoms with E-state index < -0.39 is 0 Å². The number of benzene rings is 2. The summed E-state index contributed by atoms with van der Waals surface area (Å²) in [6.45, 7) is 9.32. The molecule has 4 rings (SSSR count). The number of halogens is 1. The van der Waals surface area contributed by atoms with Crippen LogP contribution in [0.3, 0.4) is 0 Å². The maximum atomic E-state index is 12.2. The van der Waals surface area contributed by atoms with Crippen molar-refractivity contribution in [2.24, 2.45) is 5.10 Å². The number of hydrazone groups is 1. The molecular formula is C26H27ClN4O2. The van der Waals surface area contributed by atoms with Gasteiger partial charge in [-0.3, -0.25) is 9.78 Å². The molecular weight excluding hydrogens is 436 g/mol. The zero-order valence-electron chi connectivity index (χ0n) is 19.2. The molecule has 1 aromatic heterocycles. The van der Waals surface area contributed by atoms with E-state index in [9.17, 15) is 4.79 Å². The summed E-state index contributed by atoms with van der Waals surface area (Å²) in [7, 11) is 0. The van der Waals surface area contributed by atoms with Gasteiger partial charge in [-0.25, -0.2) is 5.43 Å². The molecule has 3 aromatic rings. The van der Waals surface area contributed by atoms with Gasteiger partial charge in [-0.15, -0.1) is 0 Å². The second kappa shape index (κ2) is 9.24. The minimum Gasteiger partial charge on any atom is -0.481 e. The van der Waals surface area contributed by atoms with Crippen molar-refractivity contribution in [1.82, 2.24) is 10.4 Å². The van der Waals surface area contributed by atoms with Crippen LogP contribution in [0.4, 0.5) is 5.69 Å². The van der Waals surface area contributed by atoms with Gasteiger partial charge < -0.3 is 9.64 Å². The molecule has 0 fully saturated rings. The first-order chi connectivity index (χ1) is 15.8. The first kappa shape index (κ1) is 22.8.